The molecule has 6 nitrogen and oxygen atoms in total. The zero-order valence-corrected chi connectivity index (χ0v) is 9.43. The highest BCUT2D eigenvalue weighted by Crippen LogP contribution is 2.15. The molecule has 0 radical (unpaired) electrons. The van der Waals surface area contributed by atoms with E-state index < -0.39 is 5.76 Å². The molecule has 1 N–H and O–H groups in total. The van der Waals surface area contributed by atoms with Gasteiger partial charge in [-0.1, -0.05) is 17.3 Å². The maximum Gasteiger partial charge on any atom is 0.439 e. The van der Waals surface area contributed by atoms with E-state index in [1.54, 1.807) is 38.4 Å². The average molecular weight is 233 g/mol. The van der Waals surface area contributed by atoms with Gasteiger partial charge in [-0.15, -0.1) is 0 Å². The van der Waals surface area contributed by atoms with Gasteiger partial charge in [-0.3, -0.25) is 14.3 Å². The highest BCUT2D eigenvalue weighted by atomic mass is 16.5. The maximum atomic E-state index is 11.7. The number of rotatable bonds is 2. The summed E-state index contributed by atoms with van der Waals surface area (Å²) in [6.45, 7) is 0. The molecule has 0 saturated heterocycles. The Kier molecular flexibility index (Phi) is 2.78. The summed E-state index contributed by atoms with van der Waals surface area (Å²) in [5.74, 6) is -0.426. The van der Waals surface area contributed by atoms with E-state index >= 15 is 0 Å². The van der Waals surface area contributed by atoms with E-state index in [1.165, 1.54) is 4.90 Å². The fourth-order valence-corrected chi connectivity index (χ4v) is 1.41. The first-order valence-corrected chi connectivity index (χ1v) is 4.96. The molecule has 0 atom stereocenters. The van der Waals surface area contributed by atoms with Gasteiger partial charge < -0.3 is 4.90 Å². The van der Waals surface area contributed by atoms with Gasteiger partial charge in [0.15, 0.2) is 5.82 Å². The minimum absolute atomic E-state index is 0.113. The molecule has 0 spiro atoms. The van der Waals surface area contributed by atoms with Crippen molar-refractivity contribution in [3.05, 3.63) is 40.4 Å². The van der Waals surface area contributed by atoms with Gasteiger partial charge in [0, 0.05) is 25.2 Å². The molecule has 2 aromatic rings. The molecule has 1 aromatic heterocycles. The van der Waals surface area contributed by atoms with Crippen molar-refractivity contribution in [2.75, 3.05) is 14.1 Å². The summed E-state index contributed by atoms with van der Waals surface area (Å²) in [5, 5.41) is 3.56. The number of nitrogens with one attached hydrogen (secondary N) is 1. The molecular weight excluding hydrogens is 222 g/mol. The van der Waals surface area contributed by atoms with Crippen molar-refractivity contribution in [1.29, 1.82) is 0 Å². The molecule has 0 unspecified atom stereocenters. The summed E-state index contributed by atoms with van der Waals surface area (Å²) in [6, 6.07) is 6.81. The minimum Gasteiger partial charge on any atom is -0.345 e. The second-order valence-corrected chi connectivity index (χ2v) is 3.72. The van der Waals surface area contributed by atoms with Gasteiger partial charge in [0.2, 0.25) is 0 Å². The monoisotopic (exact) mass is 233 g/mol. The molecule has 6 heteroatoms. The van der Waals surface area contributed by atoms with Crippen molar-refractivity contribution >= 4 is 5.91 Å². The Morgan fingerprint density at radius 2 is 2.18 bits per heavy atom. The Labute approximate surface area is 96.9 Å². The van der Waals surface area contributed by atoms with Crippen LogP contribution in [0.5, 0.6) is 0 Å². The van der Waals surface area contributed by atoms with E-state index in [-0.39, 0.29) is 5.91 Å². The van der Waals surface area contributed by atoms with Crippen LogP contribution in [0.2, 0.25) is 0 Å². The predicted octanol–water partition coefficient (Wildman–Crippen LogP) is 0.732. The molecule has 1 aromatic carbocycles. The van der Waals surface area contributed by atoms with Gasteiger partial charge in [-0.05, 0) is 12.1 Å². The lowest BCUT2D eigenvalue weighted by Gasteiger charge is -2.10. The van der Waals surface area contributed by atoms with Crippen LogP contribution >= 0.6 is 0 Å². The van der Waals surface area contributed by atoms with Crippen molar-refractivity contribution in [3.63, 3.8) is 0 Å². The van der Waals surface area contributed by atoms with Crippen LogP contribution in [0.3, 0.4) is 0 Å². The SMILES string of the molecule is CN(C)C(=O)c1cccc(-c2noc(=O)[nH]2)c1. The zero-order valence-electron chi connectivity index (χ0n) is 9.43. The molecule has 88 valence electrons. The van der Waals surface area contributed by atoms with Gasteiger partial charge in [0.1, 0.15) is 0 Å². The highest BCUT2D eigenvalue weighted by Gasteiger charge is 2.10. The lowest BCUT2D eigenvalue weighted by Crippen LogP contribution is -2.21. The van der Waals surface area contributed by atoms with Gasteiger partial charge in [-0.25, -0.2) is 4.79 Å². The third-order valence-corrected chi connectivity index (χ3v) is 2.23. The third-order valence-electron chi connectivity index (χ3n) is 2.23. The van der Waals surface area contributed by atoms with Gasteiger partial charge in [0.25, 0.3) is 5.91 Å². The van der Waals surface area contributed by atoms with Crippen LogP contribution in [0.15, 0.2) is 33.6 Å². The van der Waals surface area contributed by atoms with Gasteiger partial charge >= 0.3 is 5.76 Å². The summed E-state index contributed by atoms with van der Waals surface area (Å²) in [6.07, 6.45) is 0. The van der Waals surface area contributed by atoms with Crippen molar-refractivity contribution in [1.82, 2.24) is 15.0 Å². The molecule has 0 aliphatic heterocycles. The van der Waals surface area contributed by atoms with E-state index in [2.05, 4.69) is 14.7 Å². The zero-order chi connectivity index (χ0) is 12.4. The summed E-state index contributed by atoms with van der Waals surface area (Å²) in [5.41, 5.74) is 1.15. The molecule has 0 saturated carbocycles. The number of benzene rings is 1. The first-order chi connectivity index (χ1) is 8.08. The molecule has 0 aliphatic rings. The second kappa shape index (κ2) is 4.25. The molecule has 17 heavy (non-hydrogen) atoms. The molecule has 0 aliphatic carbocycles. The minimum atomic E-state index is -0.621. The standard InChI is InChI=1S/C11H11N3O3/c1-14(2)10(15)8-5-3-4-7(6-8)9-12-11(16)17-13-9/h3-6H,1-2H3,(H,12,13,16). The molecule has 0 fully saturated rings. The Balaban J connectivity index is 2.41. The highest BCUT2D eigenvalue weighted by molar-refractivity contribution is 5.94. The number of amides is 1. The van der Waals surface area contributed by atoms with Crippen molar-refractivity contribution in [3.8, 4) is 11.4 Å². The fourth-order valence-electron chi connectivity index (χ4n) is 1.41. The van der Waals surface area contributed by atoms with Crippen LogP contribution < -0.4 is 5.76 Å². The van der Waals surface area contributed by atoms with Crippen LogP contribution in [0.1, 0.15) is 10.4 Å². The Morgan fingerprint density at radius 3 is 2.76 bits per heavy atom. The number of aromatic nitrogens is 2. The number of hydrogen-bond donors (Lipinski definition) is 1. The lowest BCUT2D eigenvalue weighted by molar-refractivity contribution is 0.0827. The lowest BCUT2D eigenvalue weighted by atomic mass is 10.1. The normalized spacial score (nSPS) is 10.2. The van der Waals surface area contributed by atoms with E-state index in [0.717, 1.165) is 0 Å². The van der Waals surface area contributed by atoms with E-state index in [4.69, 9.17) is 0 Å². The topological polar surface area (TPSA) is 79.2 Å². The Bertz CT molecular complexity index is 598. The summed E-state index contributed by atoms with van der Waals surface area (Å²) in [7, 11) is 3.35. The number of carbonyl (C=O) groups excluding carboxylic acids is 1. The average Bonchev–Trinajstić information content (AvgIpc) is 2.75. The Hall–Kier alpha value is -2.37. The van der Waals surface area contributed by atoms with Gasteiger partial charge in [0.05, 0.1) is 0 Å². The summed E-state index contributed by atoms with van der Waals surface area (Å²) in [4.78, 5) is 26.5. The van der Waals surface area contributed by atoms with Crippen LogP contribution in [0.4, 0.5) is 0 Å². The van der Waals surface area contributed by atoms with Crippen molar-refractivity contribution in [2.24, 2.45) is 0 Å². The fraction of sp³-hybridized carbons (Fsp3) is 0.182. The summed E-state index contributed by atoms with van der Waals surface area (Å²) >= 11 is 0. The van der Waals surface area contributed by atoms with Crippen LogP contribution in [0.25, 0.3) is 11.4 Å². The smallest absolute Gasteiger partial charge is 0.345 e. The number of carbonyl (C=O) groups is 1. The first kappa shape index (κ1) is 11.1. The van der Waals surface area contributed by atoms with Crippen molar-refractivity contribution < 1.29 is 9.32 Å². The third kappa shape index (κ3) is 2.25. The molecule has 1 amide bonds. The van der Waals surface area contributed by atoms with Crippen LogP contribution in [-0.2, 0) is 0 Å². The maximum absolute atomic E-state index is 11.7. The molecule has 2 rings (SSSR count). The summed E-state index contributed by atoms with van der Waals surface area (Å²) < 4.78 is 4.41. The number of H-pyrrole nitrogens is 1. The molecule has 0 bridgehead atoms. The molecule has 1 heterocycles. The van der Waals surface area contributed by atoms with E-state index in [1.807, 2.05) is 0 Å². The van der Waals surface area contributed by atoms with E-state index in [9.17, 15) is 9.59 Å². The second-order valence-electron chi connectivity index (χ2n) is 3.72. The largest absolute Gasteiger partial charge is 0.439 e. The van der Waals surface area contributed by atoms with E-state index in [0.29, 0.717) is 17.0 Å². The first-order valence-electron chi connectivity index (χ1n) is 4.96. The van der Waals surface area contributed by atoms with Crippen LogP contribution in [0, 0.1) is 0 Å². The number of hydrogen-bond acceptors (Lipinski definition) is 4. The number of nitrogens with zero attached hydrogens (tertiary/aromatic N) is 2. The Morgan fingerprint density at radius 1 is 1.41 bits per heavy atom. The van der Waals surface area contributed by atoms with Crippen LogP contribution in [-0.4, -0.2) is 35.0 Å². The predicted molar refractivity (Wildman–Crippen MR) is 60.6 cm³/mol. The molecular formula is C11H11N3O3. The quantitative estimate of drug-likeness (QED) is 0.829. The van der Waals surface area contributed by atoms with Gasteiger partial charge in [-0.2, -0.15) is 0 Å². The number of aromatic amines is 1. The van der Waals surface area contributed by atoms with Crippen molar-refractivity contribution in [2.45, 2.75) is 0 Å².